The van der Waals surface area contributed by atoms with E-state index in [0.29, 0.717) is 10.8 Å². The molecule has 86 valence electrons. The van der Waals surface area contributed by atoms with Crippen molar-refractivity contribution in [2.45, 2.75) is 12.7 Å². The van der Waals surface area contributed by atoms with E-state index in [1.807, 2.05) is 12.3 Å². The summed E-state index contributed by atoms with van der Waals surface area (Å²) in [4.78, 5) is 4.19. The normalized spacial score (nSPS) is 11.9. The molecule has 2 heterocycles. The average Bonchev–Trinajstić information content (AvgIpc) is 2.71. The molecule has 0 aliphatic carbocycles. The Morgan fingerprint density at radius 1 is 1.56 bits per heavy atom. The number of nitrogens with zero attached hydrogens (tertiary/aromatic N) is 2. The third-order valence-electron chi connectivity index (χ3n) is 1.71. The fourth-order valence-electron chi connectivity index (χ4n) is 1.12. The SMILES string of the molecule is Cc1csc(-c2cc(CS(=O)(=O)Cl)no2)n1. The standard InChI is InChI=1S/C8H7ClN2O3S2/c1-5-3-15-8(10-5)7-2-6(11-14-7)4-16(9,12)13/h2-3H,4H2,1H3. The van der Waals surface area contributed by atoms with Crippen molar-refractivity contribution in [2.75, 3.05) is 0 Å². The molecule has 2 rings (SSSR count). The zero-order valence-electron chi connectivity index (χ0n) is 8.18. The van der Waals surface area contributed by atoms with E-state index in [1.165, 1.54) is 17.4 Å². The molecule has 2 aromatic rings. The third kappa shape index (κ3) is 2.81. The molecule has 0 amide bonds. The quantitative estimate of drug-likeness (QED) is 0.805. The van der Waals surface area contributed by atoms with E-state index in [-0.39, 0.29) is 11.4 Å². The Morgan fingerprint density at radius 2 is 2.31 bits per heavy atom. The van der Waals surface area contributed by atoms with Crippen LogP contribution < -0.4 is 0 Å². The summed E-state index contributed by atoms with van der Waals surface area (Å²) >= 11 is 1.41. The van der Waals surface area contributed by atoms with Crippen molar-refractivity contribution < 1.29 is 12.9 Å². The van der Waals surface area contributed by atoms with Crippen LogP contribution in [0, 0.1) is 6.92 Å². The van der Waals surface area contributed by atoms with Gasteiger partial charge in [-0.15, -0.1) is 11.3 Å². The predicted molar refractivity (Wildman–Crippen MR) is 60.8 cm³/mol. The predicted octanol–water partition coefficient (Wildman–Crippen LogP) is 2.18. The third-order valence-corrected chi connectivity index (χ3v) is 3.65. The summed E-state index contributed by atoms with van der Waals surface area (Å²) in [7, 11) is 1.50. The molecule has 0 bridgehead atoms. The number of rotatable bonds is 3. The second-order valence-electron chi connectivity index (χ2n) is 3.16. The Balaban J connectivity index is 2.26. The van der Waals surface area contributed by atoms with Gasteiger partial charge in [-0.3, -0.25) is 0 Å². The molecule has 0 radical (unpaired) electrons. The highest BCUT2D eigenvalue weighted by atomic mass is 35.7. The fraction of sp³-hybridized carbons (Fsp3) is 0.250. The maximum Gasteiger partial charge on any atom is 0.238 e. The Morgan fingerprint density at radius 3 is 2.88 bits per heavy atom. The molecule has 8 heteroatoms. The van der Waals surface area contributed by atoms with Crippen LogP contribution in [0.5, 0.6) is 0 Å². The van der Waals surface area contributed by atoms with Gasteiger partial charge in [-0.05, 0) is 6.92 Å². The molecule has 0 fully saturated rings. The molecule has 0 spiro atoms. The molecule has 0 unspecified atom stereocenters. The van der Waals surface area contributed by atoms with Crippen LogP contribution in [0.15, 0.2) is 16.0 Å². The van der Waals surface area contributed by atoms with E-state index < -0.39 is 9.05 Å². The molecule has 5 nitrogen and oxygen atoms in total. The number of hydrogen-bond donors (Lipinski definition) is 0. The average molecular weight is 279 g/mol. The summed E-state index contributed by atoms with van der Waals surface area (Å²) in [5.74, 6) is 0.107. The van der Waals surface area contributed by atoms with Crippen LogP contribution in [0.3, 0.4) is 0 Å². The molecule has 0 saturated heterocycles. The summed E-state index contributed by atoms with van der Waals surface area (Å²) in [6.45, 7) is 1.86. The number of aryl methyl sites for hydroxylation is 1. The van der Waals surface area contributed by atoms with Crippen molar-refractivity contribution in [2.24, 2.45) is 0 Å². The van der Waals surface area contributed by atoms with Gasteiger partial charge in [0.2, 0.25) is 9.05 Å². The molecule has 2 aromatic heterocycles. The van der Waals surface area contributed by atoms with E-state index in [9.17, 15) is 8.42 Å². The van der Waals surface area contributed by atoms with E-state index in [0.717, 1.165) is 5.69 Å². The van der Waals surface area contributed by atoms with Crippen molar-refractivity contribution in [1.29, 1.82) is 0 Å². The summed E-state index contributed by atoms with van der Waals surface area (Å²) in [6.07, 6.45) is 0. The summed E-state index contributed by atoms with van der Waals surface area (Å²) in [6, 6.07) is 1.53. The van der Waals surface area contributed by atoms with Gasteiger partial charge in [0, 0.05) is 27.8 Å². The van der Waals surface area contributed by atoms with E-state index >= 15 is 0 Å². The zero-order valence-corrected chi connectivity index (χ0v) is 10.6. The molecule has 0 aromatic carbocycles. The van der Waals surface area contributed by atoms with Crippen molar-refractivity contribution in [1.82, 2.24) is 10.1 Å². The first-order valence-electron chi connectivity index (χ1n) is 4.24. The highest BCUT2D eigenvalue weighted by Gasteiger charge is 2.14. The van der Waals surface area contributed by atoms with Crippen LogP contribution >= 0.6 is 22.0 Å². The largest absolute Gasteiger partial charge is 0.353 e. The summed E-state index contributed by atoms with van der Waals surface area (Å²) < 4.78 is 26.6. The lowest BCUT2D eigenvalue weighted by Crippen LogP contribution is -1.94. The minimum atomic E-state index is -3.61. The zero-order chi connectivity index (χ0) is 11.8. The minimum Gasteiger partial charge on any atom is -0.353 e. The van der Waals surface area contributed by atoms with Gasteiger partial charge in [-0.25, -0.2) is 13.4 Å². The van der Waals surface area contributed by atoms with E-state index in [4.69, 9.17) is 15.2 Å². The molecule has 0 saturated carbocycles. The summed E-state index contributed by atoms with van der Waals surface area (Å²) in [5.41, 5.74) is 1.15. The van der Waals surface area contributed by atoms with Gasteiger partial charge in [0.05, 0.1) is 0 Å². The molecule has 16 heavy (non-hydrogen) atoms. The van der Waals surface area contributed by atoms with Crippen LogP contribution in [0.1, 0.15) is 11.4 Å². The molecule has 0 aliphatic rings. The van der Waals surface area contributed by atoms with Gasteiger partial charge < -0.3 is 4.52 Å². The second-order valence-corrected chi connectivity index (χ2v) is 6.79. The van der Waals surface area contributed by atoms with Gasteiger partial charge in [0.15, 0.2) is 10.8 Å². The Hall–Kier alpha value is -0.920. The Labute approximate surface area is 100 Å². The maximum absolute atomic E-state index is 10.8. The van der Waals surface area contributed by atoms with Crippen molar-refractivity contribution in [3.8, 4) is 10.8 Å². The van der Waals surface area contributed by atoms with Crippen molar-refractivity contribution in [3.05, 3.63) is 22.8 Å². The highest BCUT2D eigenvalue weighted by Crippen LogP contribution is 2.24. The topological polar surface area (TPSA) is 73.1 Å². The Kier molecular flexibility index (Phi) is 3.00. The van der Waals surface area contributed by atoms with Crippen LogP contribution in [0.4, 0.5) is 0 Å². The van der Waals surface area contributed by atoms with Gasteiger partial charge in [0.25, 0.3) is 0 Å². The van der Waals surface area contributed by atoms with Gasteiger partial charge in [-0.1, -0.05) is 5.16 Å². The number of halogens is 1. The maximum atomic E-state index is 10.8. The monoisotopic (exact) mass is 278 g/mol. The molecule has 0 atom stereocenters. The van der Waals surface area contributed by atoms with E-state index in [1.54, 1.807) is 0 Å². The highest BCUT2D eigenvalue weighted by molar-refractivity contribution is 8.13. The minimum absolute atomic E-state index is 0.276. The fourth-order valence-corrected chi connectivity index (χ4v) is 2.69. The molecular formula is C8H7ClN2O3S2. The smallest absolute Gasteiger partial charge is 0.238 e. The number of thiazole rings is 1. The lowest BCUT2D eigenvalue weighted by atomic mass is 10.4. The summed E-state index contributed by atoms with van der Waals surface area (Å²) in [5, 5.41) is 6.16. The van der Waals surface area contributed by atoms with E-state index in [2.05, 4.69) is 10.1 Å². The first-order chi connectivity index (χ1) is 7.44. The lowest BCUT2D eigenvalue weighted by Gasteiger charge is -1.86. The molecule has 0 aliphatic heterocycles. The van der Waals surface area contributed by atoms with Crippen LogP contribution in [-0.2, 0) is 14.8 Å². The lowest BCUT2D eigenvalue weighted by molar-refractivity contribution is 0.425. The number of hydrogen-bond acceptors (Lipinski definition) is 6. The van der Waals surface area contributed by atoms with Crippen molar-refractivity contribution in [3.63, 3.8) is 0 Å². The van der Waals surface area contributed by atoms with Crippen LogP contribution in [-0.4, -0.2) is 18.6 Å². The van der Waals surface area contributed by atoms with Gasteiger partial charge in [0.1, 0.15) is 11.4 Å². The van der Waals surface area contributed by atoms with Gasteiger partial charge >= 0.3 is 0 Å². The first kappa shape index (κ1) is 11.6. The van der Waals surface area contributed by atoms with Crippen LogP contribution in [0.25, 0.3) is 10.8 Å². The van der Waals surface area contributed by atoms with Crippen LogP contribution in [0.2, 0.25) is 0 Å². The second kappa shape index (κ2) is 4.15. The molecule has 0 N–H and O–H groups in total. The molecular weight excluding hydrogens is 272 g/mol. The first-order valence-corrected chi connectivity index (χ1v) is 7.60. The Bertz CT molecular complexity index is 602. The number of aromatic nitrogens is 2. The van der Waals surface area contributed by atoms with Gasteiger partial charge in [-0.2, -0.15) is 0 Å². The van der Waals surface area contributed by atoms with Crippen molar-refractivity contribution >= 4 is 31.1 Å².